The highest BCUT2D eigenvalue weighted by Gasteiger charge is 2.24. The Morgan fingerprint density at radius 3 is 2.76 bits per heavy atom. The van der Waals surface area contributed by atoms with Gasteiger partial charge in [-0.15, -0.1) is 0 Å². The van der Waals surface area contributed by atoms with Crippen LogP contribution in [0.4, 0.5) is 0 Å². The Labute approximate surface area is 123 Å². The molecule has 21 heavy (non-hydrogen) atoms. The molecule has 0 saturated carbocycles. The Morgan fingerprint density at radius 1 is 1.19 bits per heavy atom. The van der Waals surface area contributed by atoms with E-state index >= 15 is 0 Å². The summed E-state index contributed by atoms with van der Waals surface area (Å²) in [5, 5.41) is 0. The zero-order chi connectivity index (χ0) is 14.9. The zero-order valence-corrected chi connectivity index (χ0v) is 12.2. The summed E-state index contributed by atoms with van der Waals surface area (Å²) >= 11 is 0. The number of hydrogen-bond acceptors (Lipinski definition) is 5. The lowest BCUT2D eigenvalue weighted by Gasteiger charge is -2.17. The minimum atomic E-state index is -3.60. The predicted molar refractivity (Wildman–Crippen MR) is 75.5 cm³/mol. The van der Waals surface area contributed by atoms with Crippen LogP contribution in [0.5, 0.6) is 11.5 Å². The fourth-order valence-corrected chi connectivity index (χ4v) is 3.18. The van der Waals surface area contributed by atoms with Gasteiger partial charge >= 0.3 is 0 Å². The van der Waals surface area contributed by atoms with Gasteiger partial charge in [0.1, 0.15) is 0 Å². The molecule has 1 aliphatic heterocycles. The number of fused-ring (bicyclic) bond motifs is 1. The van der Waals surface area contributed by atoms with Crippen molar-refractivity contribution in [3.05, 3.63) is 48.3 Å². The third-order valence-electron chi connectivity index (χ3n) is 3.16. The quantitative estimate of drug-likeness (QED) is 0.859. The normalized spacial score (nSPS) is 13.6. The van der Waals surface area contributed by atoms with Crippen molar-refractivity contribution in [2.75, 3.05) is 13.8 Å². The topological polar surface area (TPSA) is 68.7 Å². The second-order valence-electron chi connectivity index (χ2n) is 4.60. The molecule has 2 heterocycles. The molecular weight excluding hydrogens is 292 g/mol. The van der Waals surface area contributed by atoms with Crippen LogP contribution >= 0.6 is 0 Å². The first-order valence-electron chi connectivity index (χ1n) is 6.33. The van der Waals surface area contributed by atoms with Crippen LogP contribution in [-0.2, 0) is 16.6 Å². The summed E-state index contributed by atoms with van der Waals surface area (Å²) in [5.41, 5.74) is 0.685. The smallest absolute Gasteiger partial charge is 0.243 e. The Bertz CT molecular complexity index is 747. The summed E-state index contributed by atoms with van der Waals surface area (Å²) in [6.45, 7) is 0.320. The monoisotopic (exact) mass is 306 g/mol. The molecule has 3 rings (SSSR count). The van der Waals surface area contributed by atoms with Gasteiger partial charge in [0.05, 0.1) is 17.1 Å². The Hall–Kier alpha value is -2.12. The lowest BCUT2D eigenvalue weighted by molar-refractivity contribution is 0.174. The van der Waals surface area contributed by atoms with E-state index in [0.29, 0.717) is 17.2 Å². The van der Waals surface area contributed by atoms with E-state index in [2.05, 4.69) is 4.98 Å². The zero-order valence-electron chi connectivity index (χ0n) is 11.4. The minimum absolute atomic E-state index is 0.114. The summed E-state index contributed by atoms with van der Waals surface area (Å²) in [4.78, 5) is 4.30. The number of pyridine rings is 1. The van der Waals surface area contributed by atoms with Gasteiger partial charge in [-0.05, 0) is 24.3 Å². The van der Waals surface area contributed by atoms with Crippen molar-refractivity contribution in [1.29, 1.82) is 0 Å². The SMILES string of the molecule is CN(Cc1ccccn1)S(=O)(=O)c1ccc2c(c1)OCO2. The maximum atomic E-state index is 12.5. The molecule has 6 nitrogen and oxygen atoms in total. The summed E-state index contributed by atoms with van der Waals surface area (Å²) in [6.07, 6.45) is 1.64. The molecule has 7 heteroatoms. The number of ether oxygens (including phenoxy) is 2. The molecule has 0 aliphatic carbocycles. The average Bonchev–Trinajstić information content (AvgIpc) is 2.95. The number of rotatable bonds is 4. The Morgan fingerprint density at radius 2 is 2.00 bits per heavy atom. The summed E-state index contributed by atoms with van der Waals surface area (Å²) in [6, 6.07) is 9.99. The molecule has 110 valence electrons. The van der Waals surface area contributed by atoms with Crippen LogP contribution in [0.1, 0.15) is 5.69 Å². The number of aromatic nitrogens is 1. The van der Waals surface area contributed by atoms with E-state index in [4.69, 9.17) is 9.47 Å². The molecular formula is C14H14N2O4S. The van der Waals surface area contributed by atoms with Gasteiger partial charge < -0.3 is 9.47 Å². The Kier molecular flexibility index (Phi) is 3.52. The molecule has 1 aliphatic rings. The number of hydrogen-bond donors (Lipinski definition) is 0. The average molecular weight is 306 g/mol. The molecule has 0 bridgehead atoms. The molecule has 0 atom stereocenters. The highest BCUT2D eigenvalue weighted by Crippen LogP contribution is 2.34. The van der Waals surface area contributed by atoms with Crippen molar-refractivity contribution in [1.82, 2.24) is 9.29 Å². The van der Waals surface area contributed by atoms with Crippen LogP contribution in [0, 0.1) is 0 Å². The summed E-state index contributed by atoms with van der Waals surface area (Å²) in [7, 11) is -2.08. The Balaban J connectivity index is 1.86. The number of benzene rings is 1. The van der Waals surface area contributed by atoms with Crippen molar-refractivity contribution < 1.29 is 17.9 Å². The van der Waals surface area contributed by atoms with E-state index in [1.165, 1.54) is 23.5 Å². The van der Waals surface area contributed by atoms with Crippen LogP contribution in [0.25, 0.3) is 0 Å². The number of nitrogens with zero attached hydrogens (tertiary/aromatic N) is 2. The summed E-state index contributed by atoms with van der Waals surface area (Å²) in [5.74, 6) is 1.00. The van der Waals surface area contributed by atoms with Gasteiger partial charge in [-0.2, -0.15) is 4.31 Å². The van der Waals surface area contributed by atoms with E-state index in [1.54, 1.807) is 24.4 Å². The van der Waals surface area contributed by atoms with Crippen LogP contribution in [-0.4, -0.2) is 31.5 Å². The molecule has 2 aromatic rings. The van der Waals surface area contributed by atoms with Gasteiger partial charge in [0.2, 0.25) is 16.8 Å². The van der Waals surface area contributed by atoms with Crippen LogP contribution in [0.2, 0.25) is 0 Å². The van der Waals surface area contributed by atoms with E-state index < -0.39 is 10.0 Å². The molecule has 0 fully saturated rings. The third-order valence-corrected chi connectivity index (χ3v) is 4.96. The second kappa shape index (κ2) is 5.34. The van der Waals surface area contributed by atoms with E-state index in [1.807, 2.05) is 6.07 Å². The first kappa shape index (κ1) is 13.8. The van der Waals surface area contributed by atoms with E-state index in [0.717, 1.165) is 0 Å². The third kappa shape index (κ3) is 2.70. The first-order chi connectivity index (χ1) is 10.1. The van der Waals surface area contributed by atoms with Gasteiger partial charge in [-0.1, -0.05) is 6.07 Å². The predicted octanol–water partition coefficient (Wildman–Crippen LogP) is 1.63. The molecule has 0 radical (unpaired) electrons. The minimum Gasteiger partial charge on any atom is -0.454 e. The molecule has 0 spiro atoms. The molecule has 1 aromatic carbocycles. The fraction of sp³-hybridized carbons (Fsp3) is 0.214. The van der Waals surface area contributed by atoms with Crippen molar-refractivity contribution in [2.24, 2.45) is 0 Å². The van der Waals surface area contributed by atoms with Gasteiger partial charge in [0, 0.05) is 19.3 Å². The highest BCUT2D eigenvalue weighted by atomic mass is 32.2. The molecule has 1 aromatic heterocycles. The van der Waals surface area contributed by atoms with Gasteiger partial charge in [0.15, 0.2) is 11.5 Å². The lowest BCUT2D eigenvalue weighted by Crippen LogP contribution is -2.26. The van der Waals surface area contributed by atoms with Gasteiger partial charge in [0.25, 0.3) is 0 Å². The number of sulfonamides is 1. The van der Waals surface area contributed by atoms with Crippen molar-refractivity contribution >= 4 is 10.0 Å². The van der Waals surface area contributed by atoms with Crippen molar-refractivity contribution in [3.8, 4) is 11.5 Å². The van der Waals surface area contributed by atoms with Gasteiger partial charge in [-0.25, -0.2) is 8.42 Å². The van der Waals surface area contributed by atoms with Crippen LogP contribution < -0.4 is 9.47 Å². The maximum absolute atomic E-state index is 12.5. The lowest BCUT2D eigenvalue weighted by atomic mass is 10.3. The standard InChI is InChI=1S/C14H14N2O4S/c1-16(9-11-4-2-3-7-15-11)21(17,18)12-5-6-13-14(8-12)20-10-19-13/h2-8H,9-10H2,1H3. The summed E-state index contributed by atoms with van der Waals surface area (Å²) < 4.78 is 36.7. The highest BCUT2D eigenvalue weighted by molar-refractivity contribution is 7.89. The van der Waals surface area contributed by atoms with E-state index in [9.17, 15) is 8.42 Å². The molecule has 0 N–H and O–H groups in total. The molecule has 0 unspecified atom stereocenters. The molecule has 0 amide bonds. The largest absolute Gasteiger partial charge is 0.454 e. The fourth-order valence-electron chi connectivity index (χ4n) is 2.02. The van der Waals surface area contributed by atoms with Crippen molar-refractivity contribution in [2.45, 2.75) is 11.4 Å². The van der Waals surface area contributed by atoms with Gasteiger partial charge in [-0.3, -0.25) is 4.98 Å². The first-order valence-corrected chi connectivity index (χ1v) is 7.77. The van der Waals surface area contributed by atoms with Crippen LogP contribution in [0.15, 0.2) is 47.5 Å². The van der Waals surface area contributed by atoms with Crippen molar-refractivity contribution in [3.63, 3.8) is 0 Å². The maximum Gasteiger partial charge on any atom is 0.243 e. The molecule has 0 saturated heterocycles. The van der Waals surface area contributed by atoms with Crippen LogP contribution in [0.3, 0.4) is 0 Å². The van der Waals surface area contributed by atoms with E-state index in [-0.39, 0.29) is 18.2 Å². The second-order valence-corrected chi connectivity index (χ2v) is 6.64.